The van der Waals surface area contributed by atoms with Crippen molar-refractivity contribution in [2.24, 2.45) is 11.0 Å². The van der Waals surface area contributed by atoms with Crippen LogP contribution in [0.3, 0.4) is 0 Å². The van der Waals surface area contributed by atoms with Crippen LogP contribution < -0.4 is 4.72 Å². The second-order valence-corrected chi connectivity index (χ2v) is 11.3. The van der Waals surface area contributed by atoms with Crippen molar-refractivity contribution in [1.82, 2.24) is 4.72 Å². The monoisotopic (exact) mass is 530 g/mol. The van der Waals surface area contributed by atoms with Crippen molar-refractivity contribution < 1.29 is 27.7 Å². The van der Waals surface area contributed by atoms with Crippen molar-refractivity contribution in [1.29, 1.82) is 0 Å². The van der Waals surface area contributed by atoms with Gasteiger partial charge in [-0.05, 0) is 55.7 Å². The number of carboxylic acids is 1. The highest BCUT2D eigenvalue weighted by Crippen LogP contribution is 2.44. The molecule has 1 aliphatic heterocycles. The lowest BCUT2D eigenvalue weighted by molar-refractivity contribution is -0.842. The van der Waals surface area contributed by atoms with Gasteiger partial charge in [0.2, 0.25) is 0 Å². The summed E-state index contributed by atoms with van der Waals surface area (Å²) in [5.41, 5.74) is 3.54. The smallest absolute Gasteiger partial charge is 0.344 e. The van der Waals surface area contributed by atoms with Gasteiger partial charge in [0.25, 0.3) is 15.9 Å². The van der Waals surface area contributed by atoms with Crippen LogP contribution in [0.5, 0.6) is 0 Å². The first-order chi connectivity index (χ1) is 18.1. The van der Waals surface area contributed by atoms with E-state index in [2.05, 4.69) is 4.72 Å². The van der Waals surface area contributed by atoms with Crippen LogP contribution in [0.1, 0.15) is 35.7 Å². The quantitative estimate of drug-likeness (QED) is 0.416. The number of amides is 1. The summed E-state index contributed by atoms with van der Waals surface area (Å²) in [6.07, 6.45) is 1.88. The zero-order chi connectivity index (χ0) is 27.1. The molecule has 0 aromatic heterocycles. The fourth-order valence-corrected chi connectivity index (χ4v) is 5.98. The second-order valence-electron chi connectivity index (χ2n) is 9.62. The third-order valence-electron chi connectivity index (χ3n) is 7.01. The Kier molecular flexibility index (Phi) is 6.50. The molecule has 3 aromatic rings. The lowest BCUT2D eigenvalue weighted by Crippen LogP contribution is -2.34. The Morgan fingerprint density at radius 2 is 1.55 bits per heavy atom. The molecule has 3 aromatic carbocycles. The molecule has 0 bridgehead atoms. The maximum atomic E-state index is 13.2. The van der Waals surface area contributed by atoms with E-state index in [-0.39, 0.29) is 26.5 Å². The molecule has 1 aliphatic carbocycles. The van der Waals surface area contributed by atoms with Gasteiger partial charge in [-0.3, -0.25) is 4.79 Å². The third-order valence-corrected chi connectivity index (χ3v) is 8.39. The number of hydrogen-bond donors (Lipinski definition) is 2. The van der Waals surface area contributed by atoms with Crippen molar-refractivity contribution in [2.45, 2.75) is 24.7 Å². The minimum Gasteiger partial charge on any atom is -0.477 e. The van der Waals surface area contributed by atoms with Gasteiger partial charge in [-0.25, -0.2) is 17.9 Å². The van der Waals surface area contributed by atoms with Gasteiger partial charge in [-0.2, -0.15) is 4.59 Å². The Bertz CT molecular complexity index is 1590. The maximum Gasteiger partial charge on any atom is 0.344 e. The summed E-state index contributed by atoms with van der Waals surface area (Å²) in [6.45, 7) is 2.56. The van der Waals surface area contributed by atoms with E-state index in [9.17, 15) is 23.1 Å². The number of hydrogen-bond acceptors (Lipinski definition) is 5. The molecule has 1 atom stereocenters. The molecule has 2 N–H and O–H groups in total. The molecular weight excluding hydrogens is 502 g/mol. The predicted octanol–water partition coefficient (Wildman–Crippen LogP) is 4.51. The third kappa shape index (κ3) is 4.66. The number of nitrogens with one attached hydrogen (secondary N) is 1. The highest BCUT2D eigenvalue weighted by Gasteiger charge is 2.47. The van der Waals surface area contributed by atoms with Crippen LogP contribution in [0.25, 0.3) is 16.8 Å². The van der Waals surface area contributed by atoms with E-state index in [0.717, 1.165) is 12.8 Å². The molecule has 38 heavy (non-hydrogen) atoms. The molecule has 0 spiro atoms. The summed E-state index contributed by atoms with van der Waals surface area (Å²) in [7, 11) is -2.27. The molecule has 1 heterocycles. The number of quaternary nitrogens is 1. The van der Waals surface area contributed by atoms with Crippen molar-refractivity contribution in [3.63, 3.8) is 0 Å². The molecule has 1 fully saturated rings. The first-order valence-electron chi connectivity index (χ1n) is 12.4. The summed E-state index contributed by atoms with van der Waals surface area (Å²) in [5.74, 6) is -1.52. The summed E-state index contributed by atoms with van der Waals surface area (Å²) < 4.78 is 28.7. The number of aliphatic carboxylic acids is 1. The van der Waals surface area contributed by atoms with E-state index in [1.54, 1.807) is 72.8 Å². The van der Waals surface area contributed by atoms with E-state index < -0.39 is 21.9 Å². The molecule has 0 saturated heterocycles. The average Bonchev–Trinajstić information content (AvgIpc) is 3.71. The number of carboxylic acid groups (broad SMARTS) is 1. The Morgan fingerprint density at radius 3 is 2.16 bits per heavy atom. The van der Waals surface area contributed by atoms with Gasteiger partial charge in [0.15, 0.2) is 11.3 Å². The number of carbonyl (C=O) groups excluding carboxylic acids is 1. The predicted molar refractivity (Wildman–Crippen MR) is 144 cm³/mol. The first kappa shape index (κ1) is 25.6. The summed E-state index contributed by atoms with van der Waals surface area (Å²) in [4.78, 5) is 24.9. The molecule has 1 unspecified atom stereocenters. The van der Waals surface area contributed by atoms with E-state index in [0.29, 0.717) is 34.6 Å². The van der Waals surface area contributed by atoms with Crippen LogP contribution in [0.2, 0.25) is 0 Å². The molecule has 9 heteroatoms. The van der Waals surface area contributed by atoms with Gasteiger partial charge < -0.3 is 5.11 Å². The fraction of sp³-hybridized carbons (Fsp3) is 0.207. The van der Waals surface area contributed by atoms with Crippen molar-refractivity contribution in [3.05, 3.63) is 95.6 Å². The van der Waals surface area contributed by atoms with Gasteiger partial charge in [-0.15, -0.1) is 0 Å². The molecule has 8 nitrogen and oxygen atoms in total. The van der Waals surface area contributed by atoms with Crippen molar-refractivity contribution >= 4 is 33.3 Å². The minimum atomic E-state index is -4.17. The number of rotatable bonds is 8. The number of sulfonamides is 1. The molecule has 2 aliphatic rings. The maximum absolute atomic E-state index is 13.2. The Balaban J connectivity index is 1.51. The molecule has 1 saturated carbocycles. The summed E-state index contributed by atoms with van der Waals surface area (Å²) >= 11 is 0. The molecule has 0 radical (unpaired) electrons. The highest BCUT2D eigenvalue weighted by molar-refractivity contribution is 7.90. The Labute approximate surface area is 221 Å². The number of benzene rings is 3. The topological polar surface area (TPSA) is 113 Å². The van der Waals surface area contributed by atoms with Crippen LogP contribution in [0, 0.1) is 5.92 Å². The molecule has 1 amide bonds. The van der Waals surface area contributed by atoms with E-state index >= 15 is 0 Å². The number of carbonyl (C=O) groups is 2. The second kappa shape index (κ2) is 9.66. The van der Waals surface area contributed by atoms with Crippen molar-refractivity contribution in [2.75, 3.05) is 13.6 Å². The Hall–Kier alpha value is -4.08. The summed E-state index contributed by atoms with van der Waals surface area (Å²) in [5, 5.41) is 14.9. The zero-order valence-corrected chi connectivity index (χ0v) is 21.9. The van der Waals surface area contributed by atoms with Crippen molar-refractivity contribution in [3.8, 4) is 11.1 Å². The summed E-state index contributed by atoms with van der Waals surface area (Å²) in [6, 6.07) is 21.7. The zero-order valence-electron chi connectivity index (χ0n) is 21.1. The van der Waals surface area contributed by atoms with Gasteiger partial charge in [-0.1, -0.05) is 53.6 Å². The molecule has 5 rings (SSSR count). The lowest BCUT2D eigenvalue weighted by atomic mass is 9.97. The average molecular weight is 531 g/mol. The lowest BCUT2D eigenvalue weighted by Gasteiger charge is -2.25. The van der Waals surface area contributed by atoms with Crippen LogP contribution in [-0.4, -0.2) is 49.3 Å². The van der Waals surface area contributed by atoms with E-state index in [1.165, 1.54) is 6.07 Å². The molecule has 194 valence electrons. The number of nitrogens with zero attached hydrogens (tertiary/aromatic N) is 2. The largest absolute Gasteiger partial charge is 0.477 e. The van der Waals surface area contributed by atoms with E-state index in [4.69, 9.17) is 5.10 Å². The van der Waals surface area contributed by atoms with Crippen LogP contribution in [-0.2, 0) is 14.8 Å². The standard InChI is InChI=1S/C29H27N3O5S/c1-3-32(2)27(25(29(34)35)26(30-32)20-15-16-20)21-17-13-19(14-18-21)23-11-7-8-12-24(23)38(36,37)31-28(33)22-9-5-4-6-10-22/h4-14,17-18,20H,3,15-16H2,1-2H3,(H-,31,33,34,35)/p+1. The van der Waals surface area contributed by atoms with E-state index in [1.807, 2.05) is 14.0 Å². The normalized spacial score (nSPS) is 19.3. The van der Waals surface area contributed by atoms with Gasteiger partial charge in [0.05, 0.1) is 11.9 Å². The van der Waals surface area contributed by atoms with Crippen LogP contribution >= 0.6 is 0 Å². The minimum absolute atomic E-state index is 0.0307. The Morgan fingerprint density at radius 1 is 0.947 bits per heavy atom. The highest BCUT2D eigenvalue weighted by atomic mass is 32.2. The molecular formula is C29H28N3O5S+. The van der Waals surface area contributed by atoms with Crippen LogP contribution in [0.4, 0.5) is 0 Å². The van der Waals surface area contributed by atoms with Crippen LogP contribution in [0.15, 0.2) is 94.4 Å². The van der Waals surface area contributed by atoms with Gasteiger partial charge in [0.1, 0.15) is 12.3 Å². The fourth-order valence-electron chi connectivity index (χ4n) is 4.78. The van der Waals surface area contributed by atoms with Gasteiger partial charge >= 0.3 is 5.97 Å². The van der Waals surface area contributed by atoms with Gasteiger partial charge in [0, 0.05) is 22.6 Å². The SMILES string of the molecule is CC[N+]1(C)N=C(C2CC2)C(C(=O)O)=C1c1ccc(-c2ccccc2S(=O)(=O)NC(=O)c2ccccc2)cc1. The first-order valence-corrected chi connectivity index (χ1v) is 13.9.